The van der Waals surface area contributed by atoms with Crippen molar-refractivity contribution in [2.75, 3.05) is 31.6 Å². The Hall–Kier alpha value is -0.580. The molecule has 1 aromatic rings. The molecule has 0 bridgehead atoms. The van der Waals surface area contributed by atoms with Crippen molar-refractivity contribution in [1.29, 1.82) is 0 Å². The first-order valence-electron chi connectivity index (χ1n) is 5.21. The second-order valence-corrected chi connectivity index (χ2v) is 4.86. The van der Waals surface area contributed by atoms with Crippen molar-refractivity contribution < 1.29 is 0 Å². The molecule has 1 atom stereocenters. The van der Waals surface area contributed by atoms with Crippen molar-refractivity contribution >= 4 is 29.0 Å². The quantitative estimate of drug-likeness (QED) is 0.723. The second-order valence-electron chi connectivity index (χ2n) is 4.12. The number of anilines is 1. The van der Waals surface area contributed by atoms with Gasteiger partial charge in [-0.1, -0.05) is 11.6 Å². The molecular formula is C10H14Cl2N4. The fraction of sp³-hybridized carbons (Fsp3) is 0.600. The number of likely N-dealkylation sites (N-methyl/N-ethyl adjacent to an activating group) is 1. The van der Waals surface area contributed by atoms with Gasteiger partial charge in [0, 0.05) is 25.7 Å². The van der Waals surface area contributed by atoms with Crippen LogP contribution in [0.15, 0.2) is 6.20 Å². The third kappa shape index (κ3) is 2.39. The van der Waals surface area contributed by atoms with E-state index in [2.05, 4.69) is 33.7 Å². The van der Waals surface area contributed by atoms with Crippen LogP contribution in [-0.4, -0.2) is 47.6 Å². The standard InChI is InChI=1S/C10H14Cl2N4/c1-7-6-15(2)3-4-16(7)9-8(11)5-13-10(12)14-9/h5,7H,3-4,6H2,1-2H3. The van der Waals surface area contributed by atoms with E-state index in [4.69, 9.17) is 23.2 Å². The third-order valence-electron chi connectivity index (χ3n) is 2.80. The summed E-state index contributed by atoms with van der Waals surface area (Å²) in [5, 5.41) is 0.798. The van der Waals surface area contributed by atoms with Gasteiger partial charge >= 0.3 is 0 Å². The molecule has 16 heavy (non-hydrogen) atoms. The summed E-state index contributed by atoms with van der Waals surface area (Å²) in [4.78, 5) is 12.5. The molecule has 6 heteroatoms. The first-order chi connectivity index (χ1) is 7.58. The lowest BCUT2D eigenvalue weighted by atomic mass is 10.2. The summed E-state index contributed by atoms with van der Waals surface area (Å²) >= 11 is 11.9. The molecule has 0 saturated carbocycles. The van der Waals surface area contributed by atoms with Crippen LogP contribution in [0.4, 0.5) is 5.82 Å². The number of aromatic nitrogens is 2. The summed E-state index contributed by atoms with van der Waals surface area (Å²) in [5.74, 6) is 0.738. The zero-order valence-corrected chi connectivity index (χ0v) is 10.8. The van der Waals surface area contributed by atoms with Gasteiger partial charge in [0.25, 0.3) is 0 Å². The molecule has 2 heterocycles. The van der Waals surface area contributed by atoms with Gasteiger partial charge in [-0.2, -0.15) is 4.98 Å². The van der Waals surface area contributed by atoms with Crippen LogP contribution in [0.1, 0.15) is 6.92 Å². The molecule has 1 saturated heterocycles. The summed E-state index contributed by atoms with van der Waals surface area (Å²) in [6, 6.07) is 0.377. The Kier molecular flexibility index (Phi) is 3.52. The zero-order chi connectivity index (χ0) is 11.7. The van der Waals surface area contributed by atoms with E-state index >= 15 is 0 Å². The summed E-state index contributed by atoms with van der Waals surface area (Å²) < 4.78 is 0. The van der Waals surface area contributed by atoms with Crippen molar-refractivity contribution in [3.05, 3.63) is 16.5 Å². The molecule has 4 nitrogen and oxygen atoms in total. The van der Waals surface area contributed by atoms with Crippen LogP contribution in [0, 0.1) is 0 Å². The maximum Gasteiger partial charge on any atom is 0.224 e. The highest BCUT2D eigenvalue weighted by Gasteiger charge is 2.24. The minimum atomic E-state index is 0.241. The van der Waals surface area contributed by atoms with E-state index in [-0.39, 0.29) is 5.28 Å². The van der Waals surface area contributed by atoms with E-state index in [1.165, 1.54) is 0 Å². The Morgan fingerprint density at radius 2 is 2.12 bits per heavy atom. The van der Waals surface area contributed by atoms with Crippen molar-refractivity contribution in [2.24, 2.45) is 0 Å². The van der Waals surface area contributed by atoms with Gasteiger partial charge in [-0.05, 0) is 25.6 Å². The van der Waals surface area contributed by atoms with Gasteiger partial charge in [-0.25, -0.2) is 4.98 Å². The van der Waals surface area contributed by atoms with Gasteiger partial charge in [-0.15, -0.1) is 0 Å². The molecule has 0 radical (unpaired) electrons. The number of piperazine rings is 1. The van der Waals surface area contributed by atoms with Crippen molar-refractivity contribution in [2.45, 2.75) is 13.0 Å². The van der Waals surface area contributed by atoms with E-state index in [1.54, 1.807) is 6.20 Å². The van der Waals surface area contributed by atoms with Crippen LogP contribution >= 0.6 is 23.2 Å². The van der Waals surface area contributed by atoms with E-state index < -0.39 is 0 Å². The third-order valence-corrected chi connectivity index (χ3v) is 3.25. The van der Waals surface area contributed by atoms with Crippen molar-refractivity contribution in [1.82, 2.24) is 14.9 Å². The molecule has 0 spiro atoms. The van der Waals surface area contributed by atoms with Gasteiger partial charge in [0.15, 0.2) is 5.82 Å². The molecule has 1 fully saturated rings. The Balaban J connectivity index is 2.26. The van der Waals surface area contributed by atoms with E-state index in [1.807, 2.05) is 0 Å². The first-order valence-corrected chi connectivity index (χ1v) is 5.96. The molecule has 1 aliphatic rings. The maximum atomic E-state index is 6.09. The summed E-state index contributed by atoms with van der Waals surface area (Å²) in [6.45, 7) is 5.06. The number of rotatable bonds is 1. The average molecular weight is 261 g/mol. The molecule has 2 rings (SSSR count). The fourth-order valence-electron chi connectivity index (χ4n) is 1.99. The fourth-order valence-corrected chi connectivity index (χ4v) is 2.32. The van der Waals surface area contributed by atoms with E-state index in [0.717, 1.165) is 25.5 Å². The van der Waals surface area contributed by atoms with Crippen molar-refractivity contribution in [3.8, 4) is 0 Å². The molecule has 88 valence electrons. The highest BCUT2D eigenvalue weighted by Crippen LogP contribution is 2.26. The SMILES string of the molecule is CC1CN(C)CCN1c1nc(Cl)ncc1Cl. The topological polar surface area (TPSA) is 32.3 Å². The monoisotopic (exact) mass is 260 g/mol. The maximum absolute atomic E-state index is 6.09. The Labute approximate surface area is 105 Å². The summed E-state index contributed by atoms with van der Waals surface area (Å²) in [5.41, 5.74) is 0. The predicted molar refractivity (Wildman–Crippen MR) is 66.4 cm³/mol. The average Bonchev–Trinajstić information content (AvgIpc) is 2.22. The number of nitrogens with zero attached hydrogens (tertiary/aromatic N) is 4. The minimum absolute atomic E-state index is 0.241. The zero-order valence-electron chi connectivity index (χ0n) is 9.32. The normalized spacial score (nSPS) is 22.5. The first kappa shape index (κ1) is 11.9. The Morgan fingerprint density at radius 1 is 1.38 bits per heavy atom. The molecule has 1 unspecified atom stereocenters. The van der Waals surface area contributed by atoms with Crippen LogP contribution < -0.4 is 4.90 Å². The van der Waals surface area contributed by atoms with E-state index in [0.29, 0.717) is 11.1 Å². The highest BCUT2D eigenvalue weighted by molar-refractivity contribution is 6.33. The summed E-state index contributed by atoms with van der Waals surface area (Å²) in [6.07, 6.45) is 1.55. The molecule has 1 aliphatic heterocycles. The lowest BCUT2D eigenvalue weighted by molar-refractivity contribution is 0.274. The Bertz CT molecular complexity index is 385. The van der Waals surface area contributed by atoms with Gasteiger partial charge in [0.1, 0.15) is 5.02 Å². The van der Waals surface area contributed by atoms with Gasteiger partial charge in [-0.3, -0.25) is 0 Å². The molecule has 0 aromatic carbocycles. The smallest absolute Gasteiger partial charge is 0.224 e. The van der Waals surface area contributed by atoms with Crippen LogP contribution in [0.5, 0.6) is 0 Å². The van der Waals surface area contributed by atoms with Crippen molar-refractivity contribution in [3.63, 3.8) is 0 Å². The molecule has 0 aliphatic carbocycles. The lowest BCUT2D eigenvalue weighted by Crippen LogP contribution is -2.51. The van der Waals surface area contributed by atoms with Crippen LogP contribution in [0.25, 0.3) is 0 Å². The lowest BCUT2D eigenvalue weighted by Gasteiger charge is -2.39. The van der Waals surface area contributed by atoms with Crippen LogP contribution in [0.2, 0.25) is 10.3 Å². The van der Waals surface area contributed by atoms with Gasteiger partial charge in [0.05, 0.1) is 6.20 Å². The highest BCUT2D eigenvalue weighted by atomic mass is 35.5. The van der Waals surface area contributed by atoms with Crippen LogP contribution in [-0.2, 0) is 0 Å². The van der Waals surface area contributed by atoms with E-state index in [9.17, 15) is 0 Å². The molecule has 1 aromatic heterocycles. The van der Waals surface area contributed by atoms with Crippen LogP contribution in [0.3, 0.4) is 0 Å². The predicted octanol–water partition coefficient (Wildman–Crippen LogP) is 1.92. The molecule has 0 amide bonds. The Morgan fingerprint density at radius 3 is 2.81 bits per heavy atom. The molecular weight excluding hydrogens is 247 g/mol. The largest absolute Gasteiger partial charge is 0.350 e. The minimum Gasteiger partial charge on any atom is -0.350 e. The summed E-state index contributed by atoms with van der Waals surface area (Å²) in [7, 11) is 2.11. The number of hydrogen-bond acceptors (Lipinski definition) is 4. The molecule has 0 N–H and O–H groups in total. The number of halogens is 2. The second kappa shape index (κ2) is 4.73. The van der Waals surface area contributed by atoms with Gasteiger partial charge in [0.2, 0.25) is 5.28 Å². The van der Waals surface area contributed by atoms with Gasteiger partial charge < -0.3 is 9.80 Å². The number of hydrogen-bond donors (Lipinski definition) is 0.